The molecular weight excluding hydrogens is 148 g/mol. The molecule has 0 heterocycles. The predicted molar refractivity (Wildman–Crippen MR) is 38.5 cm³/mol. The van der Waals surface area contributed by atoms with Crippen LogP contribution in [-0.4, -0.2) is 10.1 Å². The number of nitro benzene ring substituents is 1. The highest BCUT2D eigenvalue weighted by Gasteiger charge is 2.03. The lowest BCUT2D eigenvalue weighted by atomic mass is 10.3. The van der Waals surface area contributed by atoms with Gasteiger partial charge in [0.15, 0.2) is 0 Å². The van der Waals surface area contributed by atoms with Gasteiger partial charge in [0, 0.05) is 12.1 Å². The van der Waals surface area contributed by atoms with Crippen LogP contribution in [0.15, 0.2) is 24.3 Å². The molecule has 1 aromatic carbocycles. The average Bonchev–Trinajstić information content (AvgIpc) is 2.05. The number of rotatable bonds is 2. The zero-order valence-electron chi connectivity index (χ0n) is 5.52. The maximum atomic E-state index is 10.2. The summed E-state index contributed by atoms with van der Waals surface area (Å²) in [7, 11) is 0. The summed E-state index contributed by atoms with van der Waals surface area (Å²) in [4.78, 5) is 9.64. The molecule has 1 rings (SSSR count). The van der Waals surface area contributed by atoms with Crippen molar-refractivity contribution in [3.63, 3.8) is 0 Å². The van der Waals surface area contributed by atoms with Gasteiger partial charge in [-0.05, 0) is 6.07 Å². The zero-order chi connectivity index (χ0) is 8.27. The Morgan fingerprint density at radius 3 is 2.82 bits per heavy atom. The number of hydrogen-bond acceptors (Lipinski definition) is 4. The first kappa shape index (κ1) is 7.49. The van der Waals surface area contributed by atoms with Gasteiger partial charge in [-0.15, -0.1) is 0 Å². The number of hydrogen-bond donors (Lipinski definition) is 2. The standard InChI is InChI=1S/C6H6N2O3/c9-7-5-2-1-3-6(4-5)8(10)11/h1-4,7,9H. The van der Waals surface area contributed by atoms with E-state index in [0.29, 0.717) is 5.69 Å². The fraction of sp³-hybridized carbons (Fsp3) is 0. The van der Waals surface area contributed by atoms with E-state index in [9.17, 15) is 10.1 Å². The highest BCUT2D eigenvalue weighted by molar-refractivity contribution is 5.49. The highest BCUT2D eigenvalue weighted by atomic mass is 16.6. The van der Waals surface area contributed by atoms with Crippen LogP contribution < -0.4 is 5.48 Å². The molecule has 5 heteroatoms. The Morgan fingerprint density at radius 1 is 1.55 bits per heavy atom. The normalized spacial score (nSPS) is 9.18. The van der Waals surface area contributed by atoms with Crippen molar-refractivity contribution in [3.05, 3.63) is 34.4 Å². The van der Waals surface area contributed by atoms with Crippen molar-refractivity contribution in [1.29, 1.82) is 0 Å². The van der Waals surface area contributed by atoms with Gasteiger partial charge in [0.2, 0.25) is 0 Å². The lowest BCUT2D eigenvalue weighted by Crippen LogP contribution is -1.91. The summed E-state index contributed by atoms with van der Waals surface area (Å²) in [5.41, 5.74) is 2.07. The summed E-state index contributed by atoms with van der Waals surface area (Å²) in [5.74, 6) is 0. The summed E-state index contributed by atoms with van der Waals surface area (Å²) in [6.45, 7) is 0. The van der Waals surface area contributed by atoms with Gasteiger partial charge in [0.1, 0.15) is 0 Å². The minimum absolute atomic E-state index is 0.0518. The summed E-state index contributed by atoms with van der Waals surface area (Å²) in [5, 5.41) is 18.5. The van der Waals surface area contributed by atoms with Gasteiger partial charge in [-0.25, -0.2) is 0 Å². The fourth-order valence-electron chi connectivity index (χ4n) is 0.689. The van der Waals surface area contributed by atoms with Gasteiger partial charge in [0.25, 0.3) is 5.69 Å². The van der Waals surface area contributed by atoms with E-state index >= 15 is 0 Å². The van der Waals surface area contributed by atoms with E-state index in [-0.39, 0.29) is 5.69 Å². The predicted octanol–water partition coefficient (Wildman–Crippen LogP) is 1.40. The zero-order valence-corrected chi connectivity index (χ0v) is 5.52. The Labute approximate surface area is 62.4 Å². The lowest BCUT2D eigenvalue weighted by Gasteiger charge is -1.95. The number of non-ortho nitro benzene ring substituents is 1. The Kier molecular flexibility index (Phi) is 2.03. The van der Waals surface area contributed by atoms with Gasteiger partial charge in [-0.1, -0.05) is 6.07 Å². The summed E-state index contributed by atoms with van der Waals surface area (Å²) < 4.78 is 0. The molecule has 5 nitrogen and oxygen atoms in total. The number of nitrogens with zero attached hydrogens (tertiary/aromatic N) is 1. The van der Waals surface area contributed by atoms with Crippen molar-refractivity contribution in [3.8, 4) is 0 Å². The number of anilines is 1. The fourth-order valence-corrected chi connectivity index (χ4v) is 0.689. The molecule has 0 atom stereocenters. The van der Waals surface area contributed by atoms with Gasteiger partial charge < -0.3 is 0 Å². The van der Waals surface area contributed by atoms with Gasteiger partial charge in [0.05, 0.1) is 10.6 Å². The SMILES string of the molecule is O=[N+]([O-])c1cccc(NO)c1. The number of nitro groups is 1. The second-order valence-corrected chi connectivity index (χ2v) is 1.92. The molecule has 0 bridgehead atoms. The molecule has 11 heavy (non-hydrogen) atoms. The Balaban J connectivity index is 3.01. The molecule has 0 unspecified atom stereocenters. The van der Waals surface area contributed by atoms with Crippen molar-refractivity contribution >= 4 is 11.4 Å². The third kappa shape index (κ3) is 1.65. The summed E-state index contributed by atoms with van der Waals surface area (Å²) in [6.07, 6.45) is 0. The van der Waals surface area contributed by atoms with Crippen molar-refractivity contribution in [2.45, 2.75) is 0 Å². The Morgan fingerprint density at radius 2 is 2.27 bits per heavy atom. The molecular formula is C6H6N2O3. The quantitative estimate of drug-likeness (QED) is 0.498. The minimum Gasteiger partial charge on any atom is -0.291 e. The molecule has 1 aromatic rings. The average molecular weight is 154 g/mol. The molecule has 0 saturated heterocycles. The van der Waals surface area contributed by atoms with Crippen LogP contribution in [0, 0.1) is 10.1 Å². The lowest BCUT2D eigenvalue weighted by molar-refractivity contribution is -0.384. The smallest absolute Gasteiger partial charge is 0.271 e. The molecule has 58 valence electrons. The second kappa shape index (κ2) is 2.98. The second-order valence-electron chi connectivity index (χ2n) is 1.92. The Hall–Kier alpha value is -1.62. The van der Waals surface area contributed by atoms with Crippen LogP contribution in [0.4, 0.5) is 11.4 Å². The largest absolute Gasteiger partial charge is 0.291 e. The molecule has 0 aliphatic rings. The maximum Gasteiger partial charge on any atom is 0.271 e. The summed E-state index contributed by atoms with van der Waals surface area (Å²) >= 11 is 0. The number of nitrogens with one attached hydrogen (secondary N) is 1. The molecule has 0 radical (unpaired) electrons. The molecule has 0 amide bonds. The van der Waals surface area contributed by atoms with E-state index in [1.54, 1.807) is 0 Å². The molecule has 2 N–H and O–H groups in total. The molecule has 0 aliphatic heterocycles. The first-order valence-electron chi connectivity index (χ1n) is 2.88. The molecule has 0 saturated carbocycles. The third-order valence-electron chi connectivity index (χ3n) is 1.19. The van der Waals surface area contributed by atoms with Crippen LogP contribution in [0.5, 0.6) is 0 Å². The molecule has 0 aromatic heterocycles. The van der Waals surface area contributed by atoms with Crippen LogP contribution in [0.25, 0.3) is 0 Å². The highest BCUT2D eigenvalue weighted by Crippen LogP contribution is 2.15. The topological polar surface area (TPSA) is 75.4 Å². The maximum absolute atomic E-state index is 10.2. The van der Waals surface area contributed by atoms with Crippen molar-refractivity contribution in [2.75, 3.05) is 5.48 Å². The summed E-state index contributed by atoms with van der Waals surface area (Å²) in [6, 6.07) is 5.59. The molecule has 0 spiro atoms. The Bertz CT molecular complexity index is 274. The molecule has 0 fully saturated rings. The van der Waals surface area contributed by atoms with Crippen LogP contribution in [0.1, 0.15) is 0 Å². The van der Waals surface area contributed by atoms with Crippen molar-refractivity contribution < 1.29 is 10.1 Å². The number of benzene rings is 1. The first-order valence-corrected chi connectivity index (χ1v) is 2.88. The van der Waals surface area contributed by atoms with Gasteiger partial charge in [-0.3, -0.25) is 20.8 Å². The van der Waals surface area contributed by atoms with E-state index in [0.717, 1.165) is 0 Å². The van der Waals surface area contributed by atoms with Gasteiger partial charge >= 0.3 is 0 Å². The van der Waals surface area contributed by atoms with E-state index in [2.05, 4.69) is 0 Å². The van der Waals surface area contributed by atoms with Crippen molar-refractivity contribution in [1.82, 2.24) is 0 Å². The monoisotopic (exact) mass is 154 g/mol. The van der Waals surface area contributed by atoms with E-state index in [4.69, 9.17) is 5.21 Å². The van der Waals surface area contributed by atoms with E-state index in [1.807, 2.05) is 5.48 Å². The van der Waals surface area contributed by atoms with E-state index in [1.165, 1.54) is 24.3 Å². The first-order chi connectivity index (χ1) is 5.24. The van der Waals surface area contributed by atoms with Crippen LogP contribution >= 0.6 is 0 Å². The van der Waals surface area contributed by atoms with Crippen LogP contribution in [0.3, 0.4) is 0 Å². The van der Waals surface area contributed by atoms with E-state index < -0.39 is 4.92 Å². The van der Waals surface area contributed by atoms with Crippen molar-refractivity contribution in [2.24, 2.45) is 0 Å². The van der Waals surface area contributed by atoms with Crippen LogP contribution in [-0.2, 0) is 0 Å². The molecule has 0 aliphatic carbocycles. The third-order valence-corrected chi connectivity index (χ3v) is 1.19. The van der Waals surface area contributed by atoms with Crippen LogP contribution in [0.2, 0.25) is 0 Å². The minimum atomic E-state index is -0.527. The van der Waals surface area contributed by atoms with Gasteiger partial charge in [-0.2, -0.15) is 0 Å².